The van der Waals surface area contributed by atoms with Crippen LogP contribution in [0.5, 0.6) is 0 Å². The fourth-order valence-corrected chi connectivity index (χ4v) is 2.90. The molecule has 0 radical (unpaired) electrons. The Morgan fingerprint density at radius 3 is 3.05 bits per heavy atom. The zero-order chi connectivity index (χ0) is 13.4. The van der Waals surface area contributed by atoms with E-state index >= 15 is 0 Å². The molecule has 3 heterocycles. The molecule has 1 aromatic rings. The molecule has 0 aliphatic carbocycles. The molecule has 1 unspecified atom stereocenters. The molecule has 0 aromatic carbocycles. The van der Waals surface area contributed by atoms with E-state index in [0.29, 0.717) is 18.7 Å². The highest BCUT2D eigenvalue weighted by Gasteiger charge is 2.35. The van der Waals surface area contributed by atoms with Crippen LogP contribution in [0.1, 0.15) is 25.6 Å². The Morgan fingerprint density at radius 2 is 2.26 bits per heavy atom. The third-order valence-electron chi connectivity index (χ3n) is 3.93. The molecule has 6 heteroatoms. The van der Waals surface area contributed by atoms with E-state index in [4.69, 9.17) is 0 Å². The number of hydrogen-bond donors (Lipinski definition) is 1. The van der Waals surface area contributed by atoms with E-state index in [1.807, 2.05) is 11.8 Å². The standard InChI is InChI=1S/C13H18N4O2/c1-2-10-14-11(7-12(18)15-10)16-5-6-17-9(8-16)3-4-13(17)19/h7,9H,2-6,8H2,1H3,(H,14,15,18). The number of fused-ring (bicyclic) bond motifs is 1. The van der Waals surface area contributed by atoms with Gasteiger partial charge in [0.2, 0.25) is 5.91 Å². The topological polar surface area (TPSA) is 69.3 Å². The summed E-state index contributed by atoms with van der Waals surface area (Å²) in [4.78, 5) is 34.5. The fraction of sp³-hybridized carbons (Fsp3) is 0.615. The van der Waals surface area contributed by atoms with Crippen LogP contribution in [-0.4, -0.2) is 46.5 Å². The van der Waals surface area contributed by atoms with Gasteiger partial charge in [-0.05, 0) is 6.42 Å². The molecule has 1 atom stereocenters. The summed E-state index contributed by atoms with van der Waals surface area (Å²) in [5.41, 5.74) is -0.105. The van der Waals surface area contributed by atoms with Crippen LogP contribution in [0, 0.1) is 0 Å². The average molecular weight is 262 g/mol. The molecule has 0 saturated carbocycles. The minimum absolute atomic E-state index is 0.105. The largest absolute Gasteiger partial charge is 0.353 e. The summed E-state index contributed by atoms with van der Waals surface area (Å²) in [6, 6.07) is 1.83. The van der Waals surface area contributed by atoms with Crippen LogP contribution < -0.4 is 10.5 Å². The van der Waals surface area contributed by atoms with Crippen LogP contribution in [-0.2, 0) is 11.2 Å². The minimum atomic E-state index is -0.105. The summed E-state index contributed by atoms with van der Waals surface area (Å²) < 4.78 is 0. The lowest BCUT2D eigenvalue weighted by Crippen LogP contribution is -2.52. The van der Waals surface area contributed by atoms with Gasteiger partial charge in [0.25, 0.3) is 5.56 Å². The van der Waals surface area contributed by atoms with Gasteiger partial charge in [-0.2, -0.15) is 0 Å². The zero-order valence-electron chi connectivity index (χ0n) is 11.1. The smallest absolute Gasteiger partial charge is 0.252 e. The third kappa shape index (κ3) is 2.22. The molecular weight excluding hydrogens is 244 g/mol. The normalized spacial score (nSPS) is 22.8. The number of amides is 1. The van der Waals surface area contributed by atoms with Crippen LogP contribution in [0.15, 0.2) is 10.9 Å². The Labute approximate surface area is 111 Å². The summed E-state index contributed by atoms with van der Waals surface area (Å²) in [5, 5.41) is 0. The minimum Gasteiger partial charge on any atom is -0.353 e. The van der Waals surface area contributed by atoms with Crippen molar-refractivity contribution in [1.82, 2.24) is 14.9 Å². The first-order valence-electron chi connectivity index (χ1n) is 6.82. The molecule has 1 amide bonds. The Morgan fingerprint density at radius 1 is 1.42 bits per heavy atom. The second kappa shape index (κ2) is 4.68. The first-order chi connectivity index (χ1) is 9.17. The SMILES string of the molecule is CCc1nc(N2CCN3C(=O)CCC3C2)cc(=O)[nH]1. The predicted molar refractivity (Wildman–Crippen MR) is 71.2 cm³/mol. The molecule has 102 valence electrons. The van der Waals surface area contributed by atoms with Crippen molar-refractivity contribution in [3.8, 4) is 0 Å². The molecule has 3 rings (SSSR count). The third-order valence-corrected chi connectivity index (χ3v) is 3.93. The molecule has 2 saturated heterocycles. The number of aromatic nitrogens is 2. The molecule has 1 N–H and O–H groups in total. The number of hydrogen-bond acceptors (Lipinski definition) is 4. The highest BCUT2D eigenvalue weighted by Crippen LogP contribution is 2.24. The van der Waals surface area contributed by atoms with Gasteiger partial charge in [-0.3, -0.25) is 9.59 Å². The van der Waals surface area contributed by atoms with Crippen molar-refractivity contribution in [2.75, 3.05) is 24.5 Å². The van der Waals surface area contributed by atoms with Gasteiger partial charge in [0.1, 0.15) is 11.6 Å². The van der Waals surface area contributed by atoms with Crippen molar-refractivity contribution in [1.29, 1.82) is 0 Å². The number of H-pyrrole nitrogens is 1. The number of nitrogens with one attached hydrogen (secondary N) is 1. The number of aromatic amines is 1. The first kappa shape index (κ1) is 12.2. The molecule has 0 bridgehead atoms. The fourth-order valence-electron chi connectivity index (χ4n) is 2.90. The number of carbonyl (C=O) groups excluding carboxylic acids is 1. The van der Waals surface area contributed by atoms with E-state index in [-0.39, 0.29) is 17.5 Å². The number of rotatable bonds is 2. The second-order valence-electron chi connectivity index (χ2n) is 5.13. The van der Waals surface area contributed by atoms with Crippen LogP contribution in [0.2, 0.25) is 0 Å². The van der Waals surface area contributed by atoms with E-state index in [9.17, 15) is 9.59 Å². The molecule has 19 heavy (non-hydrogen) atoms. The maximum Gasteiger partial charge on any atom is 0.252 e. The molecular formula is C13H18N4O2. The Balaban J connectivity index is 1.82. The van der Waals surface area contributed by atoms with Crippen LogP contribution >= 0.6 is 0 Å². The molecule has 1 aromatic heterocycles. The van der Waals surface area contributed by atoms with Gasteiger partial charge >= 0.3 is 0 Å². The van der Waals surface area contributed by atoms with Gasteiger partial charge in [-0.1, -0.05) is 6.92 Å². The maximum atomic E-state index is 11.6. The number of carbonyl (C=O) groups is 1. The highest BCUT2D eigenvalue weighted by atomic mass is 16.2. The lowest BCUT2D eigenvalue weighted by molar-refractivity contribution is -0.129. The predicted octanol–water partition coefficient (Wildman–Crippen LogP) is 0.143. The van der Waals surface area contributed by atoms with Gasteiger partial charge in [-0.25, -0.2) is 4.98 Å². The number of anilines is 1. The van der Waals surface area contributed by atoms with E-state index in [1.165, 1.54) is 0 Å². The summed E-state index contributed by atoms with van der Waals surface area (Å²) in [7, 11) is 0. The Hall–Kier alpha value is -1.85. The molecule has 2 fully saturated rings. The van der Waals surface area contributed by atoms with Gasteiger partial charge in [0.05, 0.1) is 0 Å². The second-order valence-corrected chi connectivity index (χ2v) is 5.13. The summed E-state index contributed by atoms with van der Waals surface area (Å²) in [5.74, 6) is 1.71. The van der Waals surface area contributed by atoms with Gasteiger partial charge < -0.3 is 14.8 Å². The molecule has 0 spiro atoms. The quantitative estimate of drug-likeness (QED) is 0.823. The average Bonchev–Trinajstić information content (AvgIpc) is 2.79. The molecule has 6 nitrogen and oxygen atoms in total. The monoisotopic (exact) mass is 262 g/mol. The van der Waals surface area contributed by atoms with E-state index < -0.39 is 0 Å². The van der Waals surface area contributed by atoms with E-state index in [2.05, 4.69) is 14.9 Å². The highest BCUT2D eigenvalue weighted by molar-refractivity contribution is 5.79. The van der Waals surface area contributed by atoms with Crippen molar-refractivity contribution in [2.24, 2.45) is 0 Å². The summed E-state index contributed by atoms with van der Waals surface area (Å²) >= 11 is 0. The van der Waals surface area contributed by atoms with Crippen molar-refractivity contribution >= 4 is 11.7 Å². The van der Waals surface area contributed by atoms with Gasteiger partial charge in [0.15, 0.2) is 0 Å². The van der Waals surface area contributed by atoms with Gasteiger partial charge in [0, 0.05) is 44.6 Å². The van der Waals surface area contributed by atoms with Crippen LogP contribution in [0.4, 0.5) is 5.82 Å². The van der Waals surface area contributed by atoms with Gasteiger partial charge in [-0.15, -0.1) is 0 Å². The number of piperazine rings is 1. The lowest BCUT2D eigenvalue weighted by atomic mass is 10.1. The maximum absolute atomic E-state index is 11.6. The van der Waals surface area contributed by atoms with Crippen LogP contribution in [0.25, 0.3) is 0 Å². The van der Waals surface area contributed by atoms with Crippen molar-refractivity contribution < 1.29 is 4.79 Å². The first-order valence-corrected chi connectivity index (χ1v) is 6.82. The number of aryl methyl sites for hydroxylation is 1. The van der Waals surface area contributed by atoms with Crippen LogP contribution in [0.3, 0.4) is 0 Å². The summed E-state index contributed by atoms with van der Waals surface area (Å²) in [6.07, 6.45) is 2.28. The number of nitrogens with zero attached hydrogens (tertiary/aromatic N) is 3. The van der Waals surface area contributed by atoms with Crippen molar-refractivity contribution in [3.05, 3.63) is 22.2 Å². The van der Waals surface area contributed by atoms with Crippen molar-refractivity contribution in [2.45, 2.75) is 32.2 Å². The zero-order valence-corrected chi connectivity index (χ0v) is 11.1. The van der Waals surface area contributed by atoms with E-state index in [0.717, 1.165) is 31.9 Å². The molecule has 2 aliphatic rings. The van der Waals surface area contributed by atoms with E-state index in [1.54, 1.807) is 6.07 Å². The summed E-state index contributed by atoms with van der Waals surface area (Å²) in [6.45, 7) is 4.24. The lowest BCUT2D eigenvalue weighted by Gasteiger charge is -2.38. The molecule has 2 aliphatic heterocycles. The van der Waals surface area contributed by atoms with Crippen molar-refractivity contribution in [3.63, 3.8) is 0 Å². The Kier molecular flexibility index (Phi) is 3.00. The Bertz CT molecular complexity index is 554.